The lowest BCUT2D eigenvalue weighted by Gasteiger charge is -2.36. The minimum Gasteiger partial charge on any atom is -0.383 e. The average Bonchev–Trinajstić information content (AvgIpc) is 2.91. The number of benzene rings is 2. The van der Waals surface area contributed by atoms with E-state index in [1.54, 1.807) is 24.1 Å². The Bertz CT molecular complexity index is 1230. The first-order valence-electron chi connectivity index (χ1n) is 12.0. The Kier molecular flexibility index (Phi) is 8.97. The Morgan fingerprint density at radius 2 is 1.70 bits per heavy atom. The van der Waals surface area contributed by atoms with Gasteiger partial charge in [-0.1, -0.05) is 53.0 Å². The molecule has 1 saturated heterocycles. The number of halogens is 2. The van der Waals surface area contributed by atoms with Gasteiger partial charge in [-0.2, -0.15) is 0 Å². The fourth-order valence-corrected chi connectivity index (χ4v) is 4.60. The predicted molar refractivity (Wildman–Crippen MR) is 145 cm³/mol. The number of nitrogens with zero attached hydrogens (tertiary/aromatic N) is 5. The van der Waals surface area contributed by atoms with Crippen molar-refractivity contribution in [3.05, 3.63) is 75.8 Å². The van der Waals surface area contributed by atoms with E-state index in [4.69, 9.17) is 27.9 Å². The van der Waals surface area contributed by atoms with E-state index in [1.807, 2.05) is 31.2 Å². The van der Waals surface area contributed by atoms with E-state index in [2.05, 4.69) is 27.2 Å². The van der Waals surface area contributed by atoms with Gasteiger partial charge in [0, 0.05) is 50.4 Å². The minimum absolute atomic E-state index is 0.0633. The van der Waals surface area contributed by atoms with Gasteiger partial charge in [0.05, 0.1) is 22.9 Å². The second-order valence-electron chi connectivity index (χ2n) is 8.85. The monoisotopic (exact) mass is 541 g/mol. The number of rotatable bonds is 8. The zero-order chi connectivity index (χ0) is 26.4. The molecule has 1 aromatic heterocycles. The lowest BCUT2D eigenvalue weighted by molar-refractivity contribution is -0.132. The number of amides is 2. The quantitative estimate of drug-likeness (QED) is 0.425. The molecule has 0 radical (unpaired) electrons. The Hall–Kier alpha value is -3.20. The van der Waals surface area contributed by atoms with Crippen LogP contribution < -0.4 is 4.90 Å². The summed E-state index contributed by atoms with van der Waals surface area (Å²) in [5.41, 5.74) is 3.33. The second-order valence-corrected chi connectivity index (χ2v) is 9.70. The summed E-state index contributed by atoms with van der Waals surface area (Å²) < 4.78 is 5.15. The topological polar surface area (TPSA) is 78.9 Å². The Morgan fingerprint density at radius 1 is 0.973 bits per heavy atom. The van der Waals surface area contributed by atoms with Gasteiger partial charge in [0.1, 0.15) is 6.54 Å². The molecule has 0 spiro atoms. The second kappa shape index (κ2) is 12.4. The molecular weight excluding hydrogens is 513 g/mol. The standard InChI is InChI=1S/C27H29Cl2N5O3/c1-19-3-5-20(6-4-19)24-9-10-25(31-30-24)32-11-13-33(14-12-32)26(35)18-34(15-16-37-2)27(36)22-8-7-21(28)17-23(22)29/h3-10,17H,11-16,18H2,1-2H3. The first kappa shape index (κ1) is 26.9. The molecule has 2 heterocycles. The summed E-state index contributed by atoms with van der Waals surface area (Å²) in [5.74, 6) is 0.307. The zero-order valence-electron chi connectivity index (χ0n) is 20.9. The van der Waals surface area contributed by atoms with Crippen molar-refractivity contribution in [3.8, 4) is 11.3 Å². The van der Waals surface area contributed by atoms with E-state index in [9.17, 15) is 9.59 Å². The molecule has 0 aliphatic carbocycles. The molecule has 37 heavy (non-hydrogen) atoms. The van der Waals surface area contributed by atoms with Gasteiger partial charge in [-0.25, -0.2) is 0 Å². The smallest absolute Gasteiger partial charge is 0.255 e. The summed E-state index contributed by atoms with van der Waals surface area (Å²) in [6.07, 6.45) is 0. The van der Waals surface area contributed by atoms with Crippen molar-refractivity contribution in [1.82, 2.24) is 20.0 Å². The number of methoxy groups -OCH3 is 1. The molecule has 0 N–H and O–H groups in total. The minimum atomic E-state index is -0.338. The third kappa shape index (κ3) is 6.77. The van der Waals surface area contributed by atoms with Crippen LogP contribution in [0.2, 0.25) is 10.0 Å². The molecule has 2 amide bonds. The van der Waals surface area contributed by atoms with Crippen molar-refractivity contribution in [2.24, 2.45) is 0 Å². The van der Waals surface area contributed by atoms with Crippen LogP contribution in [-0.4, -0.2) is 84.8 Å². The van der Waals surface area contributed by atoms with Crippen LogP contribution in [0.4, 0.5) is 5.82 Å². The SMILES string of the molecule is COCCN(CC(=O)N1CCN(c2ccc(-c3ccc(C)cc3)nn2)CC1)C(=O)c1ccc(Cl)cc1Cl. The Morgan fingerprint density at radius 3 is 2.32 bits per heavy atom. The molecule has 8 nitrogen and oxygen atoms in total. The van der Waals surface area contributed by atoms with Crippen molar-refractivity contribution in [2.75, 3.05) is 57.9 Å². The molecule has 0 atom stereocenters. The molecule has 1 aliphatic rings. The normalized spacial score (nSPS) is 13.5. The third-order valence-corrected chi connectivity index (χ3v) is 6.84. The number of aryl methyl sites for hydroxylation is 1. The average molecular weight is 542 g/mol. The van der Waals surface area contributed by atoms with Gasteiger partial charge in [-0.15, -0.1) is 10.2 Å². The van der Waals surface area contributed by atoms with Gasteiger partial charge < -0.3 is 19.4 Å². The van der Waals surface area contributed by atoms with Crippen molar-refractivity contribution in [3.63, 3.8) is 0 Å². The number of hydrogen-bond donors (Lipinski definition) is 0. The largest absolute Gasteiger partial charge is 0.383 e. The number of ether oxygens (including phenoxy) is 1. The first-order chi connectivity index (χ1) is 17.9. The van der Waals surface area contributed by atoms with Gasteiger partial charge in [0.2, 0.25) is 5.91 Å². The highest BCUT2D eigenvalue weighted by Crippen LogP contribution is 2.23. The molecule has 0 unspecified atom stereocenters. The summed E-state index contributed by atoms with van der Waals surface area (Å²) in [6, 6.07) is 16.8. The number of hydrogen-bond acceptors (Lipinski definition) is 6. The van der Waals surface area contributed by atoms with Crippen molar-refractivity contribution in [2.45, 2.75) is 6.92 Å². The highest BCUT2D eigenvalue weighted by molar-refractivity contribution is 6.36. The van der Waals surface area contributed by atoms with Gasteiger partial charge in [-0.3, -0.25) is 9.59 Å². The molecular formula is C27H29Cl2N5O3. The molecule has 3 aromatic rings. The molecule has 2 aromatic carbocycles. The van der Waals surface area contributed by atoms with Crippen LogP contribution in [0.1, 0.15) is 15.9 Å². The number of aromatic nitrogens is 2. The van der Waals surface area contributed by atoms with Gasteiger partial charge >= 0.3 is 0 Å². The maximum absolute atomic E-state index is 13.1. The molecule has 4 rings (SSSR count). The van der Waals surface area contributed by atoms with Crippen LogP contribution in [0.3, 0.4) is 0 Å². The molecule has 1 aliphatic heterocycles. The van der Waals surface area contributed by atoms with E-state index in [-0.39, 0.29) is 29.9 Å². The van der Waals surface area contributed by atoms with E-state index < -0.39 is 0 Å². The third-order valence-electron chi connectivity index (χ3n) is 6.29. The van der Waals surface area contributed by atoms with Gasteiger partial charge in [-0.05, 0) is 37.3 Å². The number of anilines is 1. The maximum Gasteiger partial charge on any atom is 0.255 e. The Balaban J connectivity index is 1.35. The molecule has 0 bridgehead atoms. The summed E-state index contributed by atoms with van der Waals surface area (Å²) >= 11 is 12.2. The molecule has 194 valence electrons. The van der Waals surface area contributed by atoms with Crippen LogP contribution in [-0.2, 0) is 9.53 Å². The fourth-order valence-electron chi connectivity index (χ4n) is 4.11. The van der Waals surface area contributed by atoms with Crippen LogP contribution in [0, 0.1) is 6.92 Å². The summed E-state index contributed by atoms with van der Waals surface area (Å²) in [7, 11) is 1.55. The lowest BCUT2D eigenvalue weighted by Crippen LogP contribution is -2.52. The highest BCUT2D eigenvalue weighted by Gasteiger charge is 2.26. The maximum atomic E-state index is 13.1. The van der Waals surface area contributed by atoms with Crippen LogP contribution in [0.5, 0.6) is 0 Å². The van der Waals surface area contributed by atoms with E-state index >= 15 is 0 Å². The molecule has 0 saturated carbocycles. The van der Waals surface area contributed by atoms with E-state index in [0.29, 0.717) is 43.4 Å². The molecule has 10 heteroatoms. The van der Waals surface area contributed by atoms with Crippen LogP contribution >= 0.6 is 23.2 Å². The zero-order valence-corrected chi connectivity index (χ0v) is 22.4. The van der Waals surface area contributed by atoms with Crippen molar-refractivity contribution in [1.29, 1.82) is 0 Å². The van der Waals surface area contributed by atoms with Crippen LogP contribution in [0.25, 0.3) is 11.3 Å². The number of piperazine rings is 1. The summed E-state index contributed by atoms with van der Waals surface area (Å²) in [5, 5.41) is 9.48. The van der Waals surface area contributed by atoms with Gasteiger partial charge in [0.25, 0.3) is 5.91 Å². The lowest BCUT2D eigenvalue weighted by atomic mass is 10.1. The first-order valence-corrected chi connectivity index (χ1v) is 12.8. The molecule has 1 fully saturated rings. The van der Waals surface area contributed by atoms with Crippen LogP contribution in [0.15, 0.2) is 54.6 Å². The summed E-state index contributed by atoms with van der Waals surface area (Å²) in [6.45, 7) is 4.85. The van der Waals surface area contributed by atoms with Gasteiger partial charge in [0.15, 0.2) is 5.82 Å². The highest BCUT2D eigenvalue weighted by atomic mass is 35.5. The van der Waals surface area contributed by atoms with E-state index in [0.717, 1.165) is 17.1 Å². The number of carbonyl (C=O) groups excluding carboxylic acids is 2. The fraction of sp³-hybridized carbons (Fsp3) is 0.333. The Labute approximate surface area is 226 Å². The summed E-state index contributed by atoms with van der Waals surface area (Å²) in [4.78, 5) is 31.6. The van der Waals surface area contributed by atoms with Crippen molar-refractivity contribution < 1.29 is 14.3 Å². The predicted octanol–water partition coefficient (Wildman–Crippen LogP) is 4.20. The number of carbonyl (C=O) groups is 2. The van der Waals surface area contributed by atoms with Crippen molar-refractivity contribution >= 4 is 40.8 Å². The van der Waals surface area contributed by atoms with E-state index in [1.165, 1.54) is 16.5 Å².